The highest BCUT2D eigenvalue weighted by Gasteiger charge is 2.43. The molecule has 4 heterocycles. The Morgan fingerprint density at radius 2 is 2.05 bits per heavy atom. The fourth-order valence-corrected chi connectivity index (χ4v) is 5.20. The second-order valence-corrected chi connectivity index (χ2v) is 10.3. The highest BCUT2D eigenvalue weighted by molar-refractivity contribution is 5.88. The van der Waals surface area contributed by atoms with Crippen LogP contribution in [-0.2, 0) is 24.8 Å². The SMILES string of the molecule is CCc1cc(-c2cnn(C)c2)cc(N2CC[C@](N)(C(=O)NC3CC3)C2)c1Cn1cnc2c(N)ncnc21. The second kappa shape index (κ2) is 8.84. The quantitative estimate of drug-likeness (QED) is 0.347. The van der Waals surface area contributed by atoms with E-state index in [1.165, 1.54) is 11.9 Å². The van der Waals surface area contributed by atoms with Crippen molar-refractivity contribution in [3.8, 4) is 11.1 Å². The van der Waals surface area contributed by atoms with Gasteiger partial charge in [-0.1, -0.05) is 13.0 Å². The smallest absolute Gasteiger partial charge is 0.242 e. The molecular formula is C26H32N10O. The Balaban J connectivity index is 1.42. The van der Waals surface area contributed by atoms with Crippen LogP contribution in [-0.4, -0.2) is 59.9 Å². The summed E-state index contributed by atoms with van der Waals surface area (Å²) in [6, 6.07) is 4.70. The zero-order valence-electron chi connectivity index (χ0n) is 21.2. The molecule has 11 heteroatoms. The van der Waals surface area contributed by atoms with Crippen LogP contribution in [0.2, 0.25) is 0 Å². The van der Waals surface area contributed by atoms with E-state index in [0.29, 0.717) is 43.0 Å². The zero-order chi connectivity index (χ0) is 25.7. The Labute approximate surface area is 214 Å². The summed E-state index contributed by atoms with van der Waals surface area (Å²) in [4.78, 5) is 28.2. The highest BCUT2D eigenvalue weighted by atomic mass is 16.2. The topological polar surface area (TPSA) is 146 Å². The van der Waals surface area contributed by atoms with E-state index in [4.69, 9.17) is 11.5 Å². The van der Waals surface area contributed by atoms with E-state index < -0.39 is 5.54 Å². The van der Waals surface area contributed by atoms with Crippen LogP contribution in [0.1, 0.15) is 37.3 Å². The molecule has 1 amide bonds. The van der Waals surface area contributed by atoms with E-state index in [1.807, 2.05) is 24.0 Å². The van der Waals surface area contributed by atoms with E-state index in [2.05, 4.69) is 49.3 Å². The number of imidazole rings is 1. The van der Waals surface area contributed by atoms with E-state index in [-0.39, 0.29) is 11.9 Å². The Morgan fingerprint density at radius 3 is 2.78 bits per heavy atom. The highest BCUT2D eigenvalue weighted by Crippen LogP contribution is 2.36. The van der Waals surface area contributed by atoms with E-state index in [1.54, 1.807) is 11.0 Å². The minimum Gasteiger partial charge on any atom is -0.382 e. The van der Waals surface area contributed by atoms with Gasteiger partial charge in [-0.25, -0.2) is 15.0 Å². The molecule has 0 unspecified atom stereocenters. The van der Waals surface area contributed by atoms with Crippen LogP contribution >= 0.6 is 0 Å². The van der Waals surface area contributed by atoms with Crippen molar-refractivity contribution in [3.63, 3.8) is 0 Å². The molecule has 3 aromatic heterocycles. The number of fused-ring (bicyclic) bond motifs is 1. The number of benzene rings is 1. The van der Waals surface area contributed by atoms with Gasteiger partial charge < -0.3 is 26.3 Å². The third-order valence-electron chi connectivity index (χ3n) is 7.50. The maximum Gasteiger partial charge on any atom is 0.242 e. The van der Waals surface area contributed by atoms with Gasteiger partial charge in [0.05, 0.1) is 19.1 Å². The number of hydrogen-bond acceptors (Lipinski definition) is 8. The Kier molecular flexibility index (Phi) is 5.59. The molecule has 37 heavy (non-hydrogen) atoms. The monoisotopic (exact) mass is 500 g/mol. The van der Waals surface area contributed by atoms with Crippen molar-refractivity contribution in [2.24, 2.45) is 12.8 Å². The Morgan fingerprint density at radius 1 is 1.22 bits per heavy atom. The molecule has 1 atom stereocenters. The number of hydrogen-bond donors (Lipinski definition) is 3. The number of carbonyl (C=O) groups excluding carboxylic acids is 1. The van der Waals surface area contributed by atoms with Crippen molar-refractivity contribution in [3.05, 3.63) is 48.3 Å². The van der Waals surface area contributed by atoms with Crippen molar-refractivity contribution < 1.29 is 4.79 Å². The fourth-order valence-electron chi connectivity index (χ4n) is 5.20. The van der Waals surface area contributed by atoms with Gasteiger partial charge >= 0.3 is 0 Å². The largest absolute Gasteiger partial charge is 0.382 e. The first-order valence-corrected chi connectivity index (χ1v) is 12.8. The molecule has 1 saturated carbocycles. The number of rotatable bonds is 7. The lowest BCUT2D eigenvalue weighted by Gasteiger charge is -2.28. The maximum absolute atomic E-state index is 13.0. The third kappa shape index (κ3) is 4.29. The summed E-state index contributed by atoms with van der Waals surface area (Å²) in [5, 5.41) is 7.48. The van der Waals surface area contributed by atoms with Crippen molar-refractivity contribution in [2.45, 2.75) is 50.7 Å². The molecule has 2 aliphatic rings. The lowest BCUT2D eigenvalue weighted by molar-refractivity contribution is -0.125. The molecule has 11 nitrogen and oxygen atoms in total. The summed E-state index contributed by atoms with van der Waals surface area (Å²) in [6.45, 7) is 3.86. The van der Waals surface area contributed by atoms with Crippen LogP contribution in [0, 0.1) is 0 Å². The number of anilines is 2. The molecule has 0 spiro atoms. The number of nitrogens with one attached hydrogen (secondary N) is 1. The first kappa shape index (κ1) is 23.4. The van der Waals surface area contributed by atoms with Gasteiger partial charge in [-0.05, 0) is 48.4 Å². The van der Waals surface area contributed by atoms with Crippen LogP contribution in [0.15, 0.2) is 37.2 Å². The average molecular weight is 501 g/mol. The zero-order valence-corrected chi connectivity index (χ0v) is 21.2. The first-order valence-electron chi connectivity index (χ1n) is 12.8. The molecule has 1 saturated heterocycles. The molecule has 1 aliphatic carbocycles. The van der Waals surface area contributed by atoms with Gasteiger partial charge in [-0.2, -0.15) is 5.10 Å². The van der Waals surface area contributed by atoms with Crippen LogP contribution in [0.3, 0.4) is 0 Å². The van der Waals surface area contributed by atoms with Crippen LogP contribution in [0.5, 0.6) is 0 Å². The minimum absolute atomic E-state index is 0.0500. The number of nitrogens with two attached hydrogens (primary N) is 2. The number of aromatic nitrogens is 6. The summed E-state index contributed by atoms with van der Waals surface area (Å²) < 4.78 is 3.81. The molecule has 1 aliphatic heterocycles. The molecule has 6 rings (SSSR count). The fraction of sp³-hybridized carbons (Fsp3) is 0.423. The van der Waals surface area contributed by atoms with Gasteiger partial charge in [0, 0.05) is 43.6 Å². The lowest BCUT2D eigenvalue weighted by atomic mass is 9.96. The molecule has 0 bridgehead atoms. The van der Waals surface area contributed by atoms with Gasteiger partial charge in [-0.15, -0.1) is 0 Å². The van der Waals surface area contributed by atoms with E-state index in [9.17, 15) is 4.79 Å². The van der Waals surface area contributed by atoms with Crippen molar-refractivity contribution >= 4 is 28.6 Å². The predicted octanol–water partition coefficient (Wildman–Crippen LogP) is 1.61. The van der Waals surface area contributed by atoms with Crippen LogP contribution in [0.4, 0.5) is 11.5 Å². The number of aryl methyl sites for hydroxylation is 2. The number of carbonyl (C=O) groups is 1. The summed E-state index contributed by atoms with van der Waals surface area (Å²) in [5.74, 6) is 0.312. The standard InChI is InChI=1S/C26H32N10O/c1-3-16-8-17(18-10-32-34(2)11-18)9-21(35-7-6-26(28,13-35)25(37)33-19-4-5-19)20(16)12-36-15-31-22-23(27)29-14-30-24(22)36/h8-11,14-15,19H,3-7,12-13,28H2,1-2H3,(H,33,37)(H2,27,29,30)/t26-/m1/s1. The lowest BCUT2D eigenvalue weighted by Crippen LogP contribution is -2.56. The van der Waals surface area contributed by atoms with Crippen molar-refractivity contribution in [2.75, 3.05) is 23.7 Å². The molecule has 1 aromatic carbocycles. The third-order valence-corrected chi connectivity index (χ3v) is 7.50. The second-order valence-electron chi connectivity index (χ2n) is 10.3. The first-order chi connectivity index (χ1) is 17.8. The van der Waals surface area contributed by atoms with Gasteiger partial charge in [0.15, 0.2) is 11.5 Å². The summed E-state index contributed by atoms with van der Waals surface area (Å²) in [5.41, 5.74) is 18.6. The van der Waals surface area contributed by atoms with Crippen LogP contribution in [0.25, 0.3) is 22.3 Å². The molecule has 192 valence electrons. The van der Waals surface area contributed by atoms with Gasteiger partial charge in [0.25, 0.3) is 0 Å². The Bertz CT molecular complexity index is 1490. The average Bonchev–Trinajstić information content (AvgIpc) is 3.24. The Hall–Kier alpha value is -3.99. The normalized spacial score (nSPS) is 19.6. The molecule has 2 fully saturated rings. The van der Waals surface area contributed by atoms with Gasteiger partial charge in [0.2, 0.25) is 5.91 Å². The number of nitrogens with zero attached hydrogens (tertiary/aromatic N) is 7. The van der Waals surface area contributed by atoms with E-state index >= 15 is 0 Å². The molecule has 0 radical (unpaired) electrons. The predicted molar refractivity (Wildman–Crippen MR) is 142 cm³/mol. The molecular weight excluding hydrogens is 468 g/mol. The van der Waals surface area contributed by atoms with Crippen molar-refractivity contribution in [1.82, 2.24) is 34.6 Å². The minimum atomic E-state index is -0.917. The summed E-state index contributed by atoms with van der Waals surface area (Å²) in [7, 11) is 1.92. The summed E-state index contributed by atoms with van der Waals surface area (Å²) in [6.07, 6.45) is 10.6. The summed E-state index contributed by atoms with van der Waals surface area (Å²) >= 11 is 0. The van der Waals surface area contributed by atoms with Gasteiger partial charge in [-0.3, -0.25) is 9.48 Å². The number of amides is 1. The van der Waals surface area contributed by atoms with Gasteiger partial charge in [0.1, 0.15) is 17.4 Å². The molecule has 5 N–H and O–H groups in total. The van der Waals surface area contributed by atoms with Crippen molar-refractivity contribution in [1.29, 1.82) is 0 Å². The van der Waals surface area contributed by atoms with E-state index in [0.717, 1.165) is 41.6 Å². The van der Waals surface area contributed by atoms with Crippen LogP contribution < -0.4 is 21.7 Å². The number of nitrogen functional groups attached to an aromatic ring is 1. The maximum atomic E-state index is 13.0. The molecule has 4 aromatic rings.